The molecule has 0 aliphatic carbocycles. The van der Waals surface area contributed by atoms with Crippen molar-refractivity contribution in [2.75, 3.05) is 26.4 Å². The summed E-state index contributed by atoms with van der Waals surface area (Å²) >= 11 is 7.28. The molecule has 0 aromatic carbocycles. The number of rotatable bonds is 5. The number of halogens is 1. The van der Waals surface area contributed by atoms with Crippen LogP contribution in [0.15, 0.2) is 15.9 Å². The highest BCUT2D eigenvalue weighted by Gasteiger charge is 1.97. The summed E-state index contributed by atoms with van der Waals surface area (Å²) in [4.78, 5) is 3.67. The summed E-state index contributed by atoms with van der Waals surface area (Å²) < 4.78 is 1.21. The van der Waals surface area contributed by atoms with Crippen LogP contribution in [0.1, 0.15) is 4.88 Å². The highest BCUT2D eigenvalue weighted by Crippen LogP contribution is 2.23. The summed E-state index contributed by atoms with van der Waals surface area (Å²) in [6.45, 7) is 1.16. The average molecular weight is 280 g/mol. The lowest BCUT2D eigenvalue weighted by Crippen LogP contribution is -2.14. The van der Waals surface area contributed by atoms with E-state index >= 15 is 0 Å². The second-order valence-corrected chi connectivity index (χ2v) is 6.10. The minimum Gasteiger partial charge on any atom is -0.309 e. The van der Waals surface area contributed by atoms with Gasteiger partial charge in [-0.2, -0.15) is 11.8 Å². The number of hydrogen-bond donors (Lipinski definition) is 0. The van der Waals surface area contributed by atoms with Gasteiger partial charge in [-0.1, -0.05) is 0 Å². The molecule has 13 heavy (non-hydrogen) atoms. The van der Waals surface area contributed by atoms with Gasteiger partial charge in [-0.05, 0) is 36.1 Å². The Balaban J connectivity index is 2.13. The summed E-state index contributed by atoms with van der Waals surface area (Å²) in [5.41, 5.74) is 0. The fourth-order valence-corrected chi connectivity index (χ4v) is 3.53. The summed E-state index contributed by atoms with van der Waals surface area (Å²) in [7, 11) is 4.23. The van der Waals surface area contributed by atoms with E-state index in [-0.39, 0.29) is 0 Å². The zero-order valence-corrected chi connectivity index (χ0v) is 11.1. The molecule has 0 aliphatic heterocycles. The number of thioether (sulfide) groups is 1. The highest BCUT2D eigenvalue weighted by atomic mass is 79.9. The SMILES string of the molecule is CN(C)CCSCc1cc(Br)cs1. The largest absolute Gasteiger partial charge is 0.309 e. The van der Waals surface area contributed by atoms with Crippen molar-refractivity contribution in [3.63, 3.8) is 0 Å². The fourth-order valence-electron chi connectivity index (χ4n) is 0.849. The van der Waals surface area contributed by atoms with Gasteiger partial charge in [-0.15, -0.1) is 11.3 Å². The number of thiophene rings is 1. The van der Waals surface area contributed by atoms with Crippen LogP contribution in [0, 0.1) is 0 Å². The Morgan fingerprint density at radius 1 is 1.54 bits per heavy atom. The minimum absolute atomic E-state index is 1.14. The van der Waals surface area contributed by atoms with Crippen molar-refractivity contribution in [3.8, 4) is 0 Å². The maximum Gasteiger partial charge on any atom is 0.0285 e. The first-order chi connectivity index (χ1) is 6.18. The van der Waals surface area contributed by atoms with Crippen molar-refractivity contribution in [1.29, 1.82) is 0 Å². The quantitative estimate of drug-likeness (QED) is 0.761. The Kier molecular flexibility index (Phi) is 5.39. The molecule has 0 atom stereocenters. The van der Waals surface area contributed by atoms with Crippen molar-refractivity contribution in [3.05, 3.63) is 20.8 Å². The van der Waals surface area contributed by atoms with Crippen LogP contribution in [0.2, 0.25) is 0 Å². The van der Waals surface area contributed by atoms with Crippen LogP contribution < -0.4 is 0 Å². The smallest absolute Gasteiger partial charge is 0.0285 e. The molecule has 1 heterocycles. The summed E-state index contributed by atoms with van der Waals surface area (Å²) in [6, 6.07) is 2.20. The van der Waals surface area contributed by atoms with Crippen LogP contribution in [0.25, 0.3) is 0 Å². The van der Waals surface area contributed by atoms with Crippen LogP contribution in [0.3, 0.4) is 0 Å². The molecule has 1 aromatic heterocycles. The van der Waals surface area contributed by atoms with Gasteiger partial charge >= 0.3 is 0 Å². The van der Waals surface area contributed by atoms with E-state index in [0.717, 1.165) is 12.3 Å². The molecule has 0 unspecified atom stereocenters. The first kappa shape index (κ1) is 11.6. The molecule has 0 N–H and O–H groups in total. The lowest BCUT2D eigenvalue weighted by Gasteiger charge is -2.07. The van der Waals surface area contributed by atoms with Gasteiger partial charge in [0.25, 0.3) is 0 Å². The molecule has 1 aromatic rings. The Morgan fingerprint density at radius 3 is 2.85 bits per heavy atom. The molecular formula is C9H14BrNS2. The molecule has 1 rings (SSSR count). The fraction of sp³-hybridized carbons (Fsp3) is 0.556. The van der Waals surface area contributed by atoms with E-state index in [1.54, 1.807) is 0 Å². The van der Waals surface area contributed by atoms with Crippen molar-refractivity contribution < 1.29 is 0 Å². The molecule has 0 bridgehead atoms. The minimum atomic E-state index is 1.14. The molecule has 0 spiro atoms. The van der Waals surface area contributed by atoms with Crippen molar-refractivity contribution in [1.82, 2.24) is 4.90 Å². The average Bonchev–Trinajstić information content (AvgIpc) is 2.45. The Labute approximate surface area is 96.6 Å². The zero-order valence-electron chi connectivity index (χ0n) is 7.92. The molecule has 74 valence electrons. The lowest BCUT2D eigenvalue weighted by molar-refractivity contribution is 0.437. The van der Waals surface area contributed by atoms with E-state index in [1.165, 1.54) is 15.1 Å². The van der Waals surface area contributed by atoms with Gasteiger partial charge in [0.15, 0.2) is 0 Å². The van der Waals surface area contributed by atoms with E-state index in [9.17, 15) is 0 Å². The molecule has 0 amide bonds. The summed E-state index contributed by atoms with van der Waals surface area (Å²) in [5.74, 6) is 2.35. The van der Waals surface area contributed by atoms with Gasteiger partial charge in [0.05, 0.1) is 0 Å². The first-order valence-corrected chi connectivity index (χ1v) is 6.96. The van der Waals surface area contributed by atoms with Crippen LogP contribution in [0.5, 0.6) is 0 Å². The third kappa shape index (κ3) is 5.05. The van der Waals surface area contributed by atoms with Crippen molar-refractivity contribution in [2.45, 2.75) is 5.75 Å². The van der Waals surface area contributed by atoms with E-state index < -0.39 is 0 Å². The second kappa shape index (κ2) is 6.06. The molecule has 0 saturated carbocycles. The van der Waals surface area contributed by atoms with Gasteiger partial charge in [0, 0.05) is 32.8 Å². The van der Waals surface area contributed by atoms with Gasteiger partial charge in [0.2, 0.25) is 0 Å². The normalized spacial score (nSPS) is 11.1. The Hall–Kier alpha value is 0.490. The monoisotopic (exact) mass is 279 g/mol. The summed E-state index contributed by atoms with van der Waals surface area (Å²) in [5, 5.41) is 2.14. The van der Waals surface area contributed by atoms with E-state index in [1.807, 2.05) is 23.1 Å². The zero-order chi connectivity index (χ0) is 9.68. The second-order valence-electron chi connectivity index (χ2n) is 3.09. The molecule has 0 aliphatic rings. The van der Waals surface area contributed by atoms with Crippen molar-refractivity contribution in [2.24, 2.45) is 0 Å². The molecule has 0 fully saturated rings. The maximum atomic E-state index is 3.46. The Bertz CT molecular complexity index is 248. The van der Waals surface area contributed by atoms with Gasteiger partial charge in [0.1, 0.15) is 0 Å². The predicted octanol–water partition coefficient (Wildman–Crippen LogP) is 3.31. The van der Waals surface area contributed by atoms with Crippen LogP contribution in [-0.4, -0.2) is 31.3 Å². The van der Waals surface area contributed by atoms with Gasteiger partial charge in [-0.3, -0.25) is 0 Å². The third-order valence-corrected chi connectivity index (χ3v) is 4.42. The molecule has 4 heteroatoms. The first-order valence-electron chi connectivity index (χ1n) is 4.14. The van der Waals surface area contributed by atoms with Crippen LogP contribution in [0.4, 0.5) is 0 Å². The number of nitrogens with zero attached hydrogens (tertiary/aromatic N) is 1. The topological polar surface area (TPSA) is 3.24 Å². The number of hydrogen-bond acceptors (Lipinski definition) is 3. The third-order valence-electron chi connectivity index (χ3n) is 1.55. The molecule has 0 saturated heterocycles. The van der Waals surface area contributed by atoms with Crippen molar-refractivity contribution >= 4 is 39.0 Å². The molecule has 1 nitrogen and oxygen atoms in total. The lowest BCUT2D eigenvalue weighted by atomic mass is 10.5. The van der Waals surface area contributed by atoms with E-state index in [2.05, 4.69) is 46.4 Å². The standard InChI is InChI=1S/C9H14BrNS2/c1-11(2)3-4-12-7-9-5-8(10)6-13-9/h5-6H,3-4,7H2,1-2H3. The summed E-state index contributed by atoms with van der Waals surface area (Å²) in [6.07, 6.45) is 0. The van der Waals surface area contributed by atoms with E-state index in [4.69, 9.17) is 0 Å². The Morgan fingerprint density at radius 2 is 2.31 bits per heavy atom. The van der Waals surface area contributed by atoms with E-state index in [0.29, 0.717) is 0 Å². The predicted molar refractivity (Wildman–Crippen MR) is 66.7 cm³/mol. The van der Waals surface area contributed by atoms with Gasteiger partial charge < -0.3 is 4.90 Å². The van der Waals surface area contributed by atoms with Gasteiger partial charge in [-0.25, -0.2) is 0 Å². The highest BCUT2D eigenvalue weighted by molar-refractivity contribution is 9.10. The molecular weight excluding hydrogens is 266 g/mol. The maximum absolute atomic E-state index is 3.46. The van der Waals surface area contributed by atoms with Crippen LogP contribution >= 0.6 is 39.0 Å². The molecule has 0 radical (unpaired) electrons. The van der Waals surface area contributed by atoms with Crippen LogP contribution in [-0.2, 0) is 5.75 Å².